The van der Waals surface area contributed by atoms with E-state index in [2.05, 4.69) is 15.4 Å². The second kappa shape index (κ2) is 5.94. The lowest BCUT2D eigenvalue weighted by molar-refractivity contribution is 0.0760. The molecule has 0 radical (unpaired) electrons. The van der Waals surface area contributed by atoms with Crippen molar-refractivity contribution in [1.82, 2.24) is 25.0 Å². The predicted molar refractivity (Wildman–Crippen MR) is 98.3 cm³/mol. The number of carbonyl (C=O) groups excluding carboxylic acids is 1. The molecule has 2 aliphatic heterocycles. The van der Waals surface area contributed by atoms with E-state index in [1.54, 1.807) is 11.7 Å². The second-order valence-electron chi connectivity index (χ2n) is 8.12. The van der Waals surface area contributed by atoms with Crippen LogP contribution in [0.3, 0.4) is 0 Å². The molecule has 2 aromatic rings. The Balaban J connectivity index is 1.53. The van der Waals surface area contributed by atoms with E-state index in [1.165, 1.54) is 0 Å². The highest BCUT2D eigenvalue weighted by atomic mass is 16.2. The summed E-state index contributed by atoms with van der Waals surface area (Å²) in [7, 11) is 1.78. The summed E-state index contributed by atoms with van der Waals surface area (Å²) in [5.41, 5.74) is 1.85. The van der Waals surface area contributed by atoms with Gasteiger partial charge in [-0.2, -0.15) is 0 Å². The number of H-pyrrole nitrogens is 1. The lowest BCUT2D eigenvalue weighted by Crippen LogP contribution is -2.33. The maximum absolute atomic E-state index is 13.4. The molecule has 138 valence electrons. The van der Waals surface area contributed by atoms with Crippen LogP contribution in [-0.2, 0) is 7.05 Å². The molecule has 7 heteroatoms. The highest BCUT2D eigenvalue weighted by molar-refractivity contribution is 6.05. The molecular weight excluding hydrogens is 330 g/mol. The molecule has 1 aliphatic carbocycles. The van der Waals surface area contributed by atoms with E-state index in [-0.39, 0.29) is 11.5 Å². The van der Waals surface area contributed by atoms with Crippen LogP contribution in [0, 0.1) is 11.8 Å². The number of hydrogen-bond donors (Lipinski definition) is 2. The topological polar surface area (TPSA) is 83.0 Å². The van der Waals surface area contributed by atoms with Gasteiger partial charge in [0.1, 0.15) is 0 Å². The van der Waals surface area contributed by atoms with Crippen LogP contribution < -0.4 is 10.9 Å². The first-order valence-corrected chi connectivity index (χ1v) is 9.71. The number of carbonyl (C=O) groups is 1. The molecule has 2 aromatic heterocycles. The van der Waals surface area contributed by atoms with E-state index in [1.807, 2.05) is 11.0 Å². The number of aromatic nitrogens is 3. The number of aromatic amines is 1. The van der Waals surface area contributed by atoms with Crippen molar-refractivity contribution in [2.45, 2.75) is 31.6 Å². The minimum absolute atomic E-state index is 0.0102. The van der Waals surface area contributed by atoms with Gasteiger partial charge in [0.15, 0.2) is 5.65 Å². The second-order valence-corrected chi connectivity index (χ2v) is 8.12. The number of hydrogen-bond acceptors (Lipinski definition) is 4. The van der Waals surface area contributed by atoms with Crippen molar-refractivity contribution in [2.24, 2.45) is 18.9 Å². The third-order valence-electron chi connectivity index (χ3n) is 6.37. The molecular formula is C19H25N5O2. The summed E-state index contributed by atoms with van der Waals surface area (Å²) >= 11 is 0. The molecule has 4 heterocycles. The fourth-order valence-electron chi connectivity index (χ4n) is 4.63. The summed E-state index contributed by atoms with van der Waals surface area (Å²) in [4.78, 5) is 32.4. The minimum Gasteiger partial charge on any atom is -0.339 e. The van der Waals surface area contributed by atoms with Gasteiger partial charge in [-0.1, -0.05) is 0 Å². The zero-order chi connectivity index (χ0) is 17.8. The number of fused-ring (bicyclic) bond motifs is 2. The molecule has 1 saturated carbocycles. The van der Waals surface area contributed by atoms with Crippen LogP contribution in [0.15, 0.2) is 10.9 Å². The number of pyridine rings is 1. The summed E-state index contributed by atoms with van der Waals surface area (Å²) in [6.45, 7) is 3.68. The predicted octanol–water partition coefficient (Wildman–Crippen LogP) is 1.21. The number of amides is 1. The number of aryl methyl sites for hydroxylation is 1. The lowest BCUT2D eigenvalue weighted by atomic mass is 9.92. The van der Waals surface area contributed by atoms with Gasteiger partial charge in [-0.15, -0.1) is 0 Å². The molecule has 3 aliphatic rings. The monoisotopic (exact) mass is 355 g/mol. The molecule has 5 rings (SSSR count). The van der Waals surface area contributed by atoms with Crippen molar-refractivity contribution in [3.05, 3.63) is 27.7 Å². The van der Waals surface area contributed by atoms with E-state index in [4.69, 9.17) is 0 Å². The van der Waals surface area contributed by atoms with Crippen molar-refractivity contribution in [1.29, 1.82) is 0 Å². The zero-order valence-corrected chi connectivity index (χ0v) is 15.1. The van der Waals surface area contributed by atoms with E-state index in [0.717, 1.165) is 57.6 Å². The Labute approximate surface area is 151 Å². The lowest BCUT2D eigenvalue weighted by Gasteiger charge is -2.21. The maximum Gasteiger partial charge on any atom is 0.274 e. The standard InChI is InChI=1S/C19H25N5O2/c1-23-17-16(18(25)22-23)14(8-15(21-17)11-2-3-11)19(26)24-6-4-12-9-20-10-13(12)5-7-24/h8,11-13,20H,2-7,9-10H2,1H3,(H,22,25)/t12-,13+. The fraction of sp³-hybridized carbons (Fsp3) is 0.632. The van der Waals surface area contributed by atoms with Gasteiger partial charge in [0.25, 0.3) is 11.5 Å². The largest absolute Gasteiger partial charge is 0.339 e. The van der Waals surface area contributed by atoms with Crippen LogP contribution in [-0.4, -0.2) is 51.8 Å². The van der Waals surface area contributed by atoms with Gasteiger partial charge in [-0.25, -0.2) is 4.98 Å². The van der Waals surface area contributed by atoms with E-state index in [9.17, 15) is 9.59 Å². The molecule has 0 aromatic carbocycles. The SMILES string of the molecule is Cn1[nH]c(=O)c2c(C(=O)N3CC[C@@H]4CNC[C@@H]4CC3)cc(C3CC3)nc21. The summed E-state index contributed by atoms with van der Waals surface area (Å²) < 4.78 is 1.64. The molecule has 1 amide bonds. The third kappa shape index (κ3) is 2.57. The Morgan fingerprint density at radius 3 is 2.50 bits per heavy atom. The average Bonchev–Trinajstić information content (AvgIpc) is 3.37. The fourth-order valence-corrected chi connectivity index (χ4v) is 4.63. The smallest absolute Gasteiger partial charge is 0.274 e. The van der Waals surface area contributed by atoms with Crippen LogP contribution in [0.25, 0.3) is 11.0 Å². The third-order valence-corrected chi connectivity index (χ3v) is 6.37. The normalized spacial score (nSPS) is 26.1. The first kappa shape index (κ1) is 16.1. The van der Waals surface area contributed by atoms with E-state index >= 15 is 0 Å². The van der Waals surface area contributed by atoms with Gasteiger partial charge < -0.3 is 10.2 Å². The first-order valence-electron chi connectivity index (χ1n) is 9.71. The maximum atomic E-state index is 13.4. The number of nitrogens with one attached hydrogen (secondary N) is 2. The molecule has 0 spiro atoms. The molecule has 2 atom stereocenters. The van der Waals surface area contributed by atoms with E-state index in [0.29, 0.717) is 34.4 Å². The molecule has 2 saturated heterocycles. The van der Waals surface area contributed by atoms with Gasteiger partial charge >= 0.3 is 0 Å². The van der Waals surface area contributed by atoms with Crippen molar-refractivity contribution < 1.29 is 4.79 Å². The Bertz CT molecular complexity index is 912. The molecule has 7 nitrogen and oxygen atoms in total. The highest BCUT2D eigenvalue weighted by Gasteiger charge is 2.33. The van der Waals surface area contributed by atoms with Crippen LogP contribution in [0.2, 0.25) is 0 Å². The summed E-state index contributed by atoms with van der Waals surface area (Å²) in [5.74, 6) is 1.77. The van der Waals surface area contributed by atoms with Gasteiger partial charge in [0, 0.05) is 31.7 Å². The van der Waals surface area contributed by atoms with Gasteiger partial charge in [-0.3, -0.25) is 19.4 Å². The number of likely N-dealkylation sites (tertiary alicyclic amines) is 1. The molecule has 26 heavy (non-hydrogen) atoms. The first-order chi connectivity index (χ1) is 12.6. The van der Waals surface area contributed by atoms with Crippen molar-refractivity contribution >= 4 is 16.9 Å². The molecule has 2 N–H and O–H groups in total. The molecule has 0 bridgehead atoms. The van der Waals surface area contributed by atoms with Crippen molar-refractivity contribution in [2.75, 3.05) is 26.2 Å². The summed E-state index contributed by atoms with van der Waals surface area (Å²) in [6, 6.07) is 1.88. The summed E-state index contributed by atoms with van der Waals surface area (Å²) in [6.07, 6.45) is 4.31. The Kier molecular flexibility index (Phi) is 3.67. The molecule has 3 fully saturated rings. The van der Waals surface area contributed by atoms with Crippen LogP contribution in [0.4, 0.5) is 0 Å². The van der Waals surface area contributed by atoms with Gasteiger partial charge in [0.05, 0.1) is 10.9 Å². The van der Waals surface area contributed by atoms with Crippen LogP contribution in [0.5, 0.6) is 0 Å². The minimum atomic E-state index is -0.225. The van der Waals surface area contributed by atoms with Crippen LogP contribution >= 0.6 is 0 Å². The average molecular weight is 355 g/mol. The Morgan fingerprint density at radius 1 is 1.15 bits per heavy atom. The quantitative estimate of drug-likeness (QED) is 0.848. The highest BCUT2D eigenvalue weighted by Crippen LogP contribution is 2.40. The van der Waals surface area contributed by atoms with Gasteiger partial charge in [0.2, 0.25) is 0 Å². The van der Waals surface area contributed by atoms with Crippen LogP contribution in [0.1, 0.15) is 47.7 Å². The van der Waals surface area contributed by atoms with Crippen molar-refractivity contribution in [3.8, 4) is 0 Å². The number of nitrogens with zero attached hydrogens (tertiary/aromatic N) is 3. The molecule has 0 unspecified atom stereocenters. The number of rotatable bonds is 2. The van der Waals surface area contributed by atoms with E-state index < -0.39 is 0 Å². The zero-order valence-electron chi connectivity index (χ0n) is 15.1. The van der Waals surface area contributed by atoms with Crippen molar-refractivity contribution in [3.63, 3.8) is 0 Å². The summed E-state index contributed by atoms with van der Waals surface area (Å²) in [5, 5.41) is 6.67. The Hall–Kier alpha value is -2.15. The Morgan fingerprint density at radius 2 is 1.85 bits per heavy atom. The van der Waals surface area contributed by atoms with Gasteiger partial charge in [-0.05, 0) is 56.7 Å².